The minimum absolute atomic E-state index is 0.259. The highest BCUT2D eigenvalue weighted by Crippen LogP contribution is 2.31. The highest BCUT2D eigenvalue weighted by molar-refractivity contribution is 5.73. The van der Waals surface area contributed by atoms with Crippen LogP contribution >= 0.6 is 0 Å². The van der Waals surface area contributed by atoms with E-state index in [2.05, 4.69) is 26.9 Å². The molecule has 4 nitrogen and oxygen atoms in total. The summed E-state index contributed by atoms with van der Waals surface area (Å²) in [5, 5.41) is 0. The number of piperidine rings is 1. The number of hydrogen-bond donors (Lipinski definition) is 0. The van der Waals surface area contributed by atoms with Crippen LogP contribution in [0.15, 0.2) is 24.5 Å². The molecule has 1 aromatic rings. The first kappa shape index (κ1) is 14.5. The number of likely N-dealkylation sites (tertiary alicyclic amines) is 1. The molecular weight excluding hydrogens is 262 g/mol. The van der Waals surface area contributed by atoms with Gasteiger partial charge in [-0.3, -0.25) is 14.7 Å². The second-order valence-corrected chi connectivity index (χ2v) is 6.48. The van der Waals surface area contributed by atoms with Gasteiger partial charge in [-0.1, -0.05) is 0 Å². The van der Waals surface area contributed by atoms with E-state index in [-0.39, 0.29) is 5.91 Å². The third kappa shape index (κ3) is 4.03. The maximum atomic E-state index is 11.9. The van der Waals surface area contributed by atoms with Crippen molar-refractivity contribution >= 4 is 5.91 Å². The normalized spacial score (nSPS) is 20.4. The number of rotatable bonds is 5. The number of carbonyl (C=O) groups excluding carboxylic acids is 1. The van der Waals surface area contributed by atoms with Crippen LogP contribution in [0.2, 0.25) is 0 Å². The van der Waals surface area contributed by atoms with Crippen molar-refractivity contribution in [2.45, 2.75) is 45.2 Å². The third-order valence-corrected chi connectivity index (χ3v) is 4.71. The van der Waals surface area contributed by atoms with Crippen LogP contribution in [-0.2, 0) is 11.3 Å². The fourth-order valence-electron chi connectivity index (χ4n) is 3.25. The van der Waals surface area contributed by atoms with Gasteiger partial charge in [-0.25, -0.2) is 0 Å². The summed E-state index contributed by atoms with van der Waals surface area (Å²) in [7, 11) is 0. The molecule has 0 N–H and O–H groups in total. The Bertz CT molecular complexity index is 464. The second-order valence-electron chi connectivity index (χ2n) is 6.48. The molecular formula is C17H25N3O. The van der Waals surface area contributed by atoms with Gasteiger partial charge >= 0.3 is 0 Å². The monoisotopic (exact) mass is 287 g/mol. The van der Waals surface area contributed by atoms with Gasteiger partial charge in [0, 0.05) is 51.5 Å². The molecule has 3 rings (SSSR count). The van der Waals surface area contributed by atoms with E-state index in [1.807, 2.05) is 12.4 Å². The Balaban J connectivity index is 1.50. The zero-order valence-corrected chi connectivity index (χ0v) is 12.9. The van der Waals surface area contributed by atoms with E-state index in [1.54, 1.807) is 6.92 Å². The van der Waals surface area contributed by atoms with Gasteiger partial charge in [-0.05, 0) is 49.3 Å². The summed E-state index contributed by atoms with van der Waals surface area (Å²) in [4.78, 5) is 20.6. The summed E-state index contributed by atoms with van der Waals surface area (Å²) in [6.45, 7) is 5.89. The lowest BCUT2D eigenvalue weighted by Crippen LogP contribution is -2.47. The highest BCUT2D eigenvalue weighted by Gasteiger charge is 2.31. The quantitative estimate of drug-likeness (QED) is 0.834. The Kier molecular flexibility index (Phi) is 4.54. The molecule has 21 heavy (non-hydrogen) atoms. The predicted molar refractivity (Wildman–Crippen MR) is 82.6 cm³/mol. The molecule has 1 saturated heterocycles. The Hall–Kier alpha value is -1.42. The molecule has 2 heterocycles. The molecule has 0 radical (unpaired) electrons. The summed E-state index contributed by atoms with van der Waals surface area (Å²) in [5.74, 6) is 1.04. The standard InChI is InChI=1S/C17H25N3O/c1-14(21)20(13-15-2-3-15)17-6-10-19(11-7-17)12-16-4-8-18-9-5-16/h4-5,8-9,15,17H,2-3,6-7,10-13H2,1H3. The highest BCUT2D eigenvalue weighted by atomic mass is 16.2. The molecule has 2 aliphatic rings. The predicted octanol–water partition coefficient (Wildman–Crippen LogP) is 2.30. The summed E-state index contributed by atoms with van der Waals surface area (Å²) in [6, 6.07) is 4.62. The van der Waals surface area contributed by atoms with Crippen LogP contribution in [0.5, 0.6) is 0 Å². The topological polar surface area (TPSA) is 36.4 Å². The van der Waals surface area contributed by atoms with E-state index < -0.39 is 0 Å². The van der Waals surface area contributed by atoms with E-state index in [0.29, 0.717) is 6.04 Å². The van der Waals surface area contributed by atoms with Gasteiger partial charge in [0.05, 0.1) is 0 Å². The van der Waals surface area contributed by atoms with Gasteiger partial charge < -0.3 is 4.90 Å². The zero-order chi connectivity index (χ0) is 14.7. The number of aromatic nitrogens is 1. The van der Waals surface area contributed by atoms with Gasteiger partial charge in [-0.2, -0.15) is 0 Å². The SMILES string of the molecule is CC(=O)N(CC1CC1)C1CCN(Cc2ccncc2)CC1. The first-order valence-electron chi connectivity index (χ1n) is 8.11. The minimum Gasteiger partial charge on any atom is -0.340 e. The summed E-state index contributed by atoms with van der Waals surface area (Å²) in [5.41, 5.74) is 1.32. The van der Waals surface area contributed by atoms with E-state index in [1.165, 1.54) is 18.4 Å². The molecule has 0 atom stereocenters. The van der Waals surface area contributed by atoms with Crippen molar-refractivity contribution in [1.82, 2.24) is 14.8 Å². The maximum absolute atomic E-state index is 11.9. The van der Waals surface area contributed by atoms with Gasteiger partial charge in [0.25, 0.3) is 0 Å². The number of nitrogens with zero attached hydrogens (tertiary/aromatic N) is 3. The van der Waals surface area contributed by atoms with Crippen molar-refractivity contribution in [3.63, 3.8) is 0 Å². The first-order valence-corrected chi connectivity index (χ1v) is 8.11. The van der Waals surface area contributed by atoms with E-state index >= 15 is 0 Å². The average Bonchev–Trinajstić information content (AvgIpc) is 3.31. The molecule has 114 valence electrons. The van der Waals surface area contributed by atoms with Crippen molar-refractivity contribution in [3.05, 3.63) is 30.1 Å². The van der Waals surface area contributed by atoms with Crippen LogP contribution in [0.25, 0.3) is 0 Å². The molecule has 1 saturated carbocycles. The molecule has 1 aliphatic heterocycles. The fraction of sp³-hybridized carbons (Fsp3) is 0.647. The molecule has 1 aromatic heterocycles. The van der Waals surface area contributed by atoms with E-state index in [0.717, 1.165) is 44.9 Å². The lowest BCUT2D eigenvalue weighted by atomic mass is 10.0. The van der Waals surface area contributed by atoms with Crippen molar-refractivity contribution < 1.29 is 4.79 Å². The van der Waals surface area contributed by atoms with Crippen LogP contribution in [-0.4, -0.2) is 46.4 Å². The van der Waals surface area contributed by atoms with Crippen LogP contribution in [0, 0.1) is 5.92 Å². The molecule has 0 spiro atoms. The van der Waals surface area contributed by atoms with Crippen molar-refractivity contribution in [3.8, 4) is 0 Å². The number of pyridine rings is 1. The molecule has 2 fully saturated rings. The molecule has 1 aliphatic carbocycles. The lowest BCUT2D eigenvalue weighted by Gasteiger charge is -2.38. The maximum Gasteiger partial charge on any atom is 0.219 e. The Morgan fingerprint density at radius 1 is 1.24 bits per heavy atom. The van der Waals surface area contributed by atoms with Crippen molar-refractivity contribution in [1.29, 1.82) is 0 Å². The number of carbonyl (C=O) groups is 1. The molecule has 0 bridgehead atoms. The van der Waals surface area contributed by atoms with Crippen molar-refractivity contribution in [2.24, 2.45) is 5.92 Å². The van der Waals surface area contributed by atoms with Gasteiger partial charge in [-0.15, -0.1) is 0 Å². The lowest BCUT2D eigenvalue weighted by molar-refractivity contribution is -0.132. The van der Waals surface area contributed by atoms with Crippen LogP contribution < -0.4 is 0 Å². The zero-order valence-electron chi connectivity index (χ0n) is 12.9. The van der Waals surface area contributed by atoms with Crippen molar-refractivity contribution in [2.75, 3.05) is 19.6 Å². The van der Waals surface area contributed by atoms with Gasteiger partial charge in [0.15, 0.2) is 0 Å². The van der Waals surface area contributed by atoms with Gasteiger partial charge in [0.2, 0.25) is 5.91 Å². The van der Waals surface area contributed by atoms with Crippen LogP contribution in [0.1, 0.15) is 38.2 Å². The van der Waals surface area contributed by atoms with Crippen LogP contribution in [0.4, 0.5) is 0 Å². The summed E-state index contributed by atoms with van der Waals surface area (Å²) < 4.78 is 0. The van der Waals surface area contributed by atoms with Crippen LogP contribution in [0.3, 0.4) is 0 Å². The third-order valence-electron chi connectivity index (χ3n) is 4.71. The smallest absolute Gasteiger partial charge is 0.219 e. The summed E-state index contributed by atoms with van der Waals surface area (Å²) in [6.07, 6.45) is 8.55. The van der Waals surface area contributed by atoms with E-state index in [4.69, 9.17) is 0 Å². The van der Waals surface area contributed by atoms with Gasteiger partial charge in [0.1, 0.15) is 0 Å². The molecule has 1 amide bonds. The first-order chi connectivity index (χ1) is 10.2. The largest absolute Gasteiger partial charge is 0.340 e. The summed E-state index contributed by atoms with van der Waals surface area (Å²) >= 11 is 0. The Morgan fingerprint density at radius 3 is 2.48 bits per heavy atom. The Morgan fingerprint density at radius 2 is 1.90 bits per heavy atom. The molecule has 0 aromatic carbocycles. The second kappa shape index (κ2) is 6.56. The van der Waals surface area contributed by atoms with E-state index in [9.17, 15) is 4.79 Å². The molecule has 0 unspecified atom stereocenters. The molecule has 4 heteroatoms. The minimum atomic E-state index is 0.259. The average molecular weight is 287 g/mol. The fourth-order valence-corrected chi connectivity index (χ4v) is 3.25. The number of hydrogen-bond acceptors (Lipinski definition) is 3. The number of amides is 1. The Labute approximate surface area is 127 Å².